The van der Waals surface area contributed by atoms with E-state index in [1.807, 2.05) is 45.9 Å². The number of alkyl carbamates (subject to hydrolysis) is 1. The molecule has 5 nitrogen and oxygen atoms in total. The Morgan fingerprint density at radius 3 is 2.14 bits per heavy atom. The second kappa shape index (κ2) is 12.4. The van der Waals surface area contributed by atoms with Crippen molar-refractivity contribution in [2.75, 3.05) is 13.2 Å². The highest BCUT2D eigenvalue weighted by molar-refractivity contribution is 5.68. The summed E-state index contributed by atoms with van der Waals surface area (Å²) in [7, 11) is 0. The van der Waals surface area contributed by atoms with Gasteiger partial charge in [0.25, 0.3) is 0 Å². The molecule has 1 amide bonds. The van der Waals surface area contributed by atoms with Crippen LogP contribution in [0.2, 0.25) is 0 Å². The van der Waals surface area contributed by atoms with Gasteiger partial charge in [0.05, 0.1) is 12.7 Å². The monoisotopic (exact) mass is 517 g/mol. The largest absolute Gasteiger partial charge is 0.444 e. The number of amides is 1. The first kappa shape index (κ1) is 29.1. The summed E-state index contributed by atoms with van der Waals surface area (Å²) >= 11 is 0. The normalized spacial score (nSPS) is 22.9. The highest BCUT2D eigenvalue weighted by Crippen LogP contribution is 2.45. The molecule has 0 saturated heterocycles. The fourth-order valence-electron chi connectivity index (χ4n) is 5.25. The lowest BCUT2D eigenvalue weighted by molar-refractivity contribution is -0.00230. The van der Waals surface area contributed by atoms with Crippen molar-refractivity contribution in [3.05, 3.63) is 70.8 Å². The summed E-state index contributed by atoms with van der Waals surface area (Å²) < 4.78 is 38.6. The van der Waals surface area contributed by atoms with Gasteiger partial charge in [-0.1, -0.05) is 48.5 Å². The Morgan fingerprint density at radius 2 is 1.62 bits per heavy atom. The summed E-state index contributed by atoms with van der Waals surface area (Å²) in [4.78, 5) is 12.6. The maximum atomic E-state index is 13.3. The van der Waals surface area contributed by atoms with Gasteiger partial charge in [0.15, 0.2) is 0 Å². The van der Waals surface area contributed by atoms with Crippen LogP contribution >= 0.6 is 0 Å². The van der Waals surface area contributed by atoms with Crippen LogP contribution in [0, 0.1) is 0 Å². The Hall–Kier alpha value is -2.51. The van der Waals surface area contributed by atoms with Crippen molar-refractivity contribution < 1.29 is 28.2 Å². The van der Waals surface area contributed by atoms with Gasteiger partial charge in [0.2, 0.25) is 0 Å². The number of ether oxygens (including phenoxy) is 2. The predicted octanol–water partition coefficient (Wildman–Crippen LogP) is 6.86. The molecular weight excluding hydrogens is 476 g/mol. The topological polar surface area (TPSA) is 67.8 Å². The summed E-state index contributed by atoms with van der Waals surface area (Å²) in [5.41, 5.74) is 1.31. The first-order valence-corrected chi connectivity index (χ1v) is 13.1. The van der Waals surface area contributed by atoms with Crippen molar-refractivity contribution in [1.82, 2.24) is 5.32 Å². The molecule has 7 heteroatoms. The number of aliphatic hydroxyl groups excluding tert-OH is 1. The van der Waals surface area contributed by atoms with Crippen LogP contribution in [0.1, 0.15) is 88.2 Å². The number of alkyl halides is 2. The molecule has 204 valence electrons. The Labute approximate surface area is 219 Å². The molecule has 1 aliphatic carbocycles. The molecule has 0 heterocycles. The molecule has 1 fully saturated rings. The van der Waals surface area contributed by atoms with Crippen LogP contribution in [0.4, 0.5) is 13.6 Å². The van der Waals surface area contributed by atoms with Gasteiger partial charge in [-0.3, -0.25) is 0 Å². The van der Waals surface area contributed by atoms with E-state index in [1.165, 1.54) is 0 Å². The number of hydrogen-bond donors (Lipinski definition) is 2. The number of benzene rings is 2. The van der Waals surface area contributed by atoms with E-state index in [2.05, 4.69) is 17.4 Å². The summed E-state index contributed by atoms with van der Waals surface area (Å²) in [6.45, 7) is 6.45. The Bertz CT molecular complexity index is 992. The molecule has 2 N–H and O–H groups in total. The van der Waals surface area contributed by atoms with E-state index < -0.39 is 30.6 Å². The van der Waals surface area contributed by atoms with Crippen molar-refractivity contribution in [3.63, 3.8) is 0 Å². The smallest absolute Gasteiger partial charge is 0.408 e. The lowest BCUT2D eigenvalue weighted by atomic mass is 9.63. The fourth-order valence-corrected chi connectivity index (χ4v) is 5.25. The van der Waals surface area contributed by atoms with Crippen molar-refractivity contribution >= 4 is 6.09 Å². The van der Waals surface area contributed by atoms with Gasteiger partial charge in [0.1, 0.15) is 19.0 Å². The van der Waals surface area contributed by atoms with Gasteiger partial charge >= 0.3 is 6.09 Å². The maximum Gasteiger partial charge on any atom is 0.408 e. The number of carbonyl (C=O) groups excluding carboxylic acids is 1. The van der Waals surface area contributed by atoms with Crippen LogP contribution < -0.4 is 5.32 Å². The average Bonchev–Trinajstić information content (AvgIpc) is 2.87. The number of halogens is 2. The molecule has 0 bridgehead atoms. The van der Waals surface area contributed by atoms with Gasteiger partial charge in [-0.2, -0.15) is 0 Å². The van der Waals surface area contributed by atoms with Gasteiger partial charge in [0, 0.05) is 17.6 Å². The second-order valence-electron chi connectivity index (χ2n) is 11.3. The quantitative estimate of drug-likeness (QED) is 0.361. The van der Waals surface area contributed by atoms with Crippen molar-refractivity contribution in [1.29, 1.82) is 0 Å². The van der Waals surface area contributed by atoms with Gasteiger partial charge < -0.3 is 19.9 Å². The molecule has 0 aliphatic heterocycles. The van der Waals surface area contributed by atoms with Crippen LogP contribution in [0.15, 0.2) is 48.5 Å². The zero-order valence-corrected chi connectivity index (χ0v) is 22.5. The van der Waals surface area contributed by atoms with Crippen LogP contribution in [-0.4, -0.2) is 35.6 Å². The molecule has 1 aliphatic rings. The summed E-state index contributed by atoms with van der Waals surface area (Å²) in [6, 6.07) is 15.2. The molecule has 0 radical (unpaired) electrons. The summed E-state index contributed by atoms with van der Waals surface area (Å²) in [5, 5.41) is 12.9. The van der Waals surface area contributed by atoms with Crippen LogP contribution in [0.25, 0.3) is 0 Å². The zero-order chi connectivity index (χ0) is 27.1. The molecule has 3 rings (SSSR count). The lowest BCUT2D eigenvalue weighted by Crippen LogP contribution is -2.55. The average molecular weight is 518 g/mol. The maximum absolute atomic E-state index is 13.3. The van der Waals surface area contributed by atoms with Crippen molar-refractivity contribution in [3.8, 4) is 0 Å². The SMILES string of the molecule is C[C@@H](OCC1(c2ccccc2)CCC(CCO)(NC(=O)OC(C)(C)C)CC1)c1cc(CF)cc(CF)c1. The van der Waals surface area contributed by atoms with Crippen LogP contribution in [-0.2, 0) is 28.2 Å². The molecule has 1 atom stereocenters. The minimum atomic E-state index is -0.654. The molecule has 1 saturated carbocycles. The molecule has 0 aromatic heterocycles. The highest BCUT2D eigenvalue weighted by Gasteiger charge is 2.45. The van der Waals surface area contributed by atoms with E-state index in [1.54, 1.807) is 18.2 Å². The fraction of sp³-hybridized carbons (Fsp3) is 0.567. The first-order chi connectivity index (χ1) is 17.5. The van der Waals surface area contributed by atoms with Crippen LogP contribution in [0.3, 0.4) is 0 Å². The van der Waals surface area contributed by atoms with E-state index in [0.29, 0.717) is 37.0 Å². The molecule has 2 aromatic rings. The zero-order valence-electron chi connectivity index (χ0n) is 22.5. The third kappa shape index (κ3) is 7.74. The number of hydrogen-bond acceptors (Lipinski definition) is 4. The minimum Gasteiger partial charge on any atom is -0.444 e. The standard InChI is InChI=1S/C30H41F2NO4/c1-22(25-17-23(19-31)16-24(18-25)20-32)36-21-29(26-8-6-5-7-9-26)10-12-30(13-11-29,14-15-34)33-27(35)37-28(2,3)4/h5-9,16-18,22,34H,10-15,19-21H2,1-4H3,(H,33,35)/t22-,29?,30?/m1/s1. The molecular formula is C30H41F2NO4. The predicted molar refractivity (Wildman–Crippen MR) is 141 cm³/mol. The van der Waals surface area contributed by atoms with E-state index in [4.69, 9.17) is 9.47 Å². The number of carbonyl (C=O) groups is 1. The Morgan fingerprint density at radius 1 is 1.03 bits per heavy atom. The van der Waals surface area contributed by atoms with Gasteiger partial charge in [-0.25, -0.2) is 13.6 Å². The van der Waals surface area contributed by atoms with Crippen molar-refractivity contribution in [2.45, 2.75) is 95.8 Å². The Kier molecular flexibility index (Phi) is 9.70. The second-order valence-corrected chi connectivity index (χ2v) is 11.3. The van der Waals surface area contributed by atoms with E-state index in [0.717, 1.165) is 24.0 Å². The third-order valence-corrected chi connectivity index (χ3v) is 7.37. The number of nitrogens with one attached hydrogen (secondary N) is 1. The summed E-state index contributed by atoms with van der Waals surface area (Å²) in [6.07, 6.45) is 2.40. The molecule has 37 heavy (non-hydrogen) atoms. The minimum absolute atomic E-state index is 0.0382. The lowest BCUT2D eigenvalue weighted by Gasteiger charge is -2.47. The third-order valence-electron chi connectivity index (χ3n) is 7.37. The first-order valence-electron chi connectivity index (χ1n) is 13.1. The van der Waals surface area contributed by atoms with Crippen LogP contribution in [0.5, 0.6) is 0 Å². The van der Waals surface area contributed by atoms with Gasteiger partial charge in [-0.05, 0) is 82.1 Å². The van der Waals surface area contributed by atoms with E-state index in [9.17, 15) is 18.7 Å². The Balaban J connectivity index is 1.80. The highest BCUT2D eigenvalue weighted by atomic mass is 19.1. The van der Waals surface area contributed by atoms with E-state index in [-0.39, 0.29) is 18.1 Å². The molecule has 0 unspecified atom stereocenters. The number of aliphatic hydroxyl groups is 1. The van der Waals surface area contributed by atoms with Gasteiger partial charge in [-0.15, -0.1) is 0 Å². The van der Waals surface area contributed by atoms with Crippen molar-refractivity contribution in [2.24, 2.45) is 0 Å². The molecule has 2 aromatic carbocycles. The number of rotatable bonds is 10. The summed E-state index contributed by atoms with van der Waals surface area (Å²) in [5.74, 6) is 0. The van der Waals surface area contributed by atoms with E-state index >= 15 is 0 Å². The molecule has 0 spiro atoms.